The highest BCUT2D eigenvalue weighted by Gasteiger charge is 2.57. The van der Waals surface area contributed by atoms with Gasteiger partial charge in [0.2, 0.25) is 0 Å². The average molecular weight is 444 g/mol. The van der Waals surface area contributed by atoms with Crippen molar-refractivity contribution in [3.05, 3.63) is 81.5 Å². The van der Waals surface area contributed by atoms with Crippen LogP contribution in [0.3, 0.4) is 0 Å². The van der Waals surface area contributed by atoms with Crippen LogP contribution in [0.5, 0.6) is 0 Å². The summed E-state index contributed by atoms with van der Waals surface area (Å²) in [5, 5.41) is 22.9. The summed E-state index contributed by atoms with van der Waals surface area (Å²) in [5.74, 6) is 0. The van der Waals surface area contributed by atoms with Gasteiger partial charge < -0.3 is 5.11 Å². The van der Waals surface area contributed by atoms with E-state index in [9.17, 15) is 28.4 Å². The van der Waals surface area contributed by atoms with Gasteiger partial charge in [-0.05, 0) is 59.9 Å². The molecule has 2 atom stereocenters. The van der Waals surface area contributed by atoms with Crippen molar-refractivity contribution in [2.75, 3.05) is 0 Å². The van der Waals surface area contributed by atoms with E-state index in [2.05, 4.69) is 4.98 Å². The Hall–Kier alpha value is -3.00. The van der Waals surface area contributed by atoms with Crippen molar-refractivity contribution in [3.63, 3.8) is 0 Å². The van der Waals surface area contributed by atoms with E-state index in [0.717, 1.165) is 5.56 Å². The van der Waals surface area contributed by atoms with Gasteiger partial charge in [0, 0.05) is 30.1 Å². The number of benzene rings is 2. The van der Waals surface area contributed by atoms with Gasteiger partial charge in [0.1, 0.15) is 0 Å². The van der Waals surface area contributed by atoms with Gasteiger partial charge in [-0.2, -0.15) is 13.2 Å². The first kappa shape index (κ1) is 22.2. The highest BCUT2D eigenvalue weighted by Crippen LogP contribution is 2.48. The number of aryl methyl sites for hydroxylation is 1. The fourth-order valence-corrected chi connectivity index (χ4v) is 4.98. The van der Waals surface area contributed by atoms with Gasteiger partial charge in [0.15, 0.2) is 5.60 Å². The Morgan fingerprint density at radius 1 is 1.19 bits per heavy atom. The number of nitrogens with zero attached hydrogens (tertiary/aromatic N) is 2. The normalized spacial score (nSPS) is 20.5. The summed E-state index contributed by atoms with van der Waals surface area (Å²) >= 11 is 0. The van der Waals surface area contributed by atoms with E-state index in [1.807, 2.05) is 0 Å². The van der Waals surface area contributed by atoms with E-state index < -0.39 is 35.0 Å². The van der Waals surface area contributed by atoms with Crippen molar-refractivity contribution in [1.29, 1.82) is 0 Å². The number of aliphatic hydroxyl groups is 1. The summed E-state index contributed by atoms with van der Waals surface area (Å²) in [6, 6.07) is 12.7. The number of para-hydroxylation sites is 1. The fraction of sp³-hybridized carbons (Fsp3) is 0.375. The Balaban J connectivity index is 1.77. The topological polar surface area (TPSA) is 76.3 Å². The van der Waals surface area contributed by atoms with Crippen LogP contribution in [0, 0.1) is 10.1 Å². The minimum atomic E-state index is -4.89. The summed E-state index contributed by atoms with van der Waals surface area (Å²) in [5.41, 5.74) is -2.01. The van der Waals surface area contributed by atoms with E-state index in [4.69, 9.17) is 0 Å². The molecular weight excluding hydrogens is 421 g/mol. The minimum absolute atomic E-state index is 0.160. The van der Waals surface area contributed by atoms with Gasteiger partial charge in [-0.1, -0.05) is 31.2 Å². The van der Waals surface area contributed by atoms with Crippen LogP contribution in [0.2, 0.25) is 0 Å². The lowest BCUT2D eigenvalue weighted by molar-refractivity contribution is -0.385. The van der Waals surface area contributed by atoms with E-state index in [-0.39, 0.29) is 5.69 Å². The molecule has 0 spiro atoms. The Kier molecular flexibility index (Phi) is 5.45. The molecule has 1 heterocycles. The zero-order valence-electron chi connectivity index (χ0n) is 17.5. The molecule has 3 aromatic rings. The molecule has 0 saturated carbocycles. The molecule has 2 aromatic carbocycles. The van der Waals surface area contributed by atoms with E-state index in [1.54, 1.807) is 37.3 Å². The highest BCUT2D eigenvalue weighted by molar-refractivity contribution is 5.81. The predicted molar refractivity (Wildman–Crippen MR) is 114 cm³/mol. The molecule has 1 aliphatic carbocycles. The number of hydrogen-bond acceptors (Lipinski definition) is 4. The van der Waals surface area contributed by atoms with Crippen LogP contribution in [0.1, 0.15) is 42.9 Å². The van der Waals surface area contributed by atoms with E-state index in [0.29, 0.717) is 41.3 Å². The van der Waals surface area contributed by atoms with Crippen molar-refractivity contribution in [1.82, 2.24) is 4.98 Å². The van der Waals surface area contributed by atoms with Crippen molar-refractivity contribution in [2.24, 2.45) is 0 Å². The van der Waals surface area contributed by atoms with E-state index in [1.165, 1.54) is 24.4 Å². The number of non-ortho nitro benzene ring substituents is 1. The Morgan fingerprint density at radius 2 is 1.94 bits per heavy atom. The molecule has 8 heteroatoms. The maximum absolute atomic E-state index is 14.3. The molecule has 0 aliphatic heterocycles. The van der Waals surface area contributed by atoms with Gasteiger partial charge in [-0.3, -0.25) is 15.1 Å². The lowest BCUT2D eigenvalue weighted by Gasteiger charge is -2.43. The summed E-state index contributed by atoms with van der Waals surface area (Å²) in [6.07, 6.45) is -2.98. The minimum Gasteiger partial charge on any atom is -0.380 e. The maximum atomic E-state index is 14.3. The van der Waals surface area contributed by atoms with Crippen molar-refractivity contribution >= 4 is 16.6 Å². The molecule has 0 radical (unpaired) electrons. The third-order valence-electron chi connectivity index (χ3n) is 6.56. The van der Waals surface area contributed by atoms with Crippen LogP contribution >= 0.6 is 0 Å². The number of nitro groups is 1. The summed E-state index contributed by atoms with van der Waals surface area (Å²) in [7, 11) is 0. The van der Waals surface area contributed by atoms with Crippen molar-refractivity contribution < 1.29 is 23.2 Å². The zero-order valence-corrected chi connectivity index (χ0v) is 17.5. The second-order valence-corrected chi connectivity index (χ2v) is 8.88. The Labute approximate surface area is 183 Å². The summed E-state index contributed by atoms with van der Waals surface area (Å²) < 4.78 is 43.0. The number of nitro benzene ring substituents is 1. The predicted octanol–water partition coefficient (Wildman–Crippen LogP) is 5.66. The summed E-state index contributed by atoms with van der Waals surface area (Å²) in [4.78, 5) is 14.9. The standard InChI is InChI=1S/C24H23F3N2O3/c1-22(11-4-5-16-8-9-18(29(31)32)13-20(16)22)15-23(30,24(25,26)27)14-17-10-12-28-21-7-3-2-6-19(17)21/h2-3,6-10,12-13,30H,4-5,11,14-15H2,1H3. The highest BCUT2D eigenvalue weighted by atomic mass is 19.4. The van der Waals surface area contributed by atoms with Gasteiger partial charge in [0.05, 0.1) is 10.4 Å². The van der Waals surface area contributed by atoms with Gasteiger partial charge in [-0.25, -0.2) is 0 Å². The molecule has 1 aliphatic rings. The van der Waals surface area contributed by atoms with Gasteiger partial charge in [-0.15, -0.1) is 0 Å². The SMILES string of the molecule is CC1(CC(O)(Cc2ccnc3ccccc23)C(F)(F)F)CCCc2ccc([N+](=O)[O-])cc21. The molecule has 0 amide bonds. The molecule has 32 heavy (non-hydrogen) atoms. The molecule has 5 nitrogen and oxygen atoms in total. The first-order valence-electron chi connectivity index (χ1n) is 10.4. The number of alkyl halides is 3. The average Bonchev–Trinajstić information content (AvgIpc) is 2.73. The van der Waals surface area contributed by atoms with Crippen LogP contribution < -0.4 is 0 Å². The van der Waals surface area contributed by atoms with Crippen molar-refractivity contribution in [3.8, 4) is 0 Å². The molecule has 0 saturated heterocycles. The largest absolute Gasteiger partial charge is 0.417 e. The third kappa shape index (κ3) is 3.95. The monoisotopic (exact) mass is 444 g/mol. The zero-order chi connectivity index (χ0) is 23.1. The van der Waals surface area contributed by atoms with Crippen LogP contribution in [0.15, 0.2) is 54.7 Å². The lowest BCUT2D eigenvalue weighted by Crippen LogP contribution is -2.52. The number of aromatic nitrogens is 1. The number of pyridine rings is 1. The van der Waals surface area contributed by atoms with Crippen LogP contribution in [-0.2, 0) is 18.3 Å². The van der Waals surface area contributed by atoms with Crippen molar-refractivity contribution in [2.45, 2.75) is 56.2 Å². The van der Waals surface area contributed by atoms with Gasteiger partial charge in [0.25, 0.3) is 5.69 Å². The lowest BCUT2D eigenvalue weighted by atomic mass is 9.65. The Bertz CT molecular complexity index is 1180. The number of rotatable bonds is 5. The van der Waals surface area contributed by atoms with Crippen LogP contribution in [-0.4, -0.2) is 26.8 Å². The first-order chi connectivity index (χ1) is 15.0. The molecule has 0 bridgehead atoms. The smallest absolute Gasteiger partial charge is 0.380 e. The summed E-state index contributed by atoms with van der Waals surface area (Å²) in [6.45, 7) is 1.66. The maximum Gasteiger partial charge on any atom is 0.417 e. The molecule has 0 fully saturated rings. The van der Waals surface area contributed by atoms with Crippen LogP contribution in [0.25, 0.3) is 10.9 Å². The number of halogens is 3. The number of hydrogen-bond donors (Lipinski definition) is 1. The Morgan fingerprint density at radius 3 is 2.66 bits per heavy atom. The molecule has 1 N–H and O–H groups in total. The van der Waals surface area contributed by atoms with E-state index >= 15 is 0 Å². The van der Waals surface area contributed by atoms with Crippen LogP contribution in [0.4, 0.5) is 18.9 Å². The first-order valence-corrected chi connectivity index (χ1v) is 10.4. The molecule has 4 rings (SSSR count). The molecular formula is C24H23F3N2O3. The second-order valence-electron chi connectivity index (χ2n) is 8.88. The third-order valence-corrected chi connectivity index (χ3v) is 6.56. The quantitative estimate of drug-likeness (QED) is 0.407. The van der Waals surface area contributed by atoms with Gasteiger partial charge >= 0.3 is 6.18 Å². The molecule has 168 valence electrons. The number of fused-ring (bicyclic) bond motifs is 2. The fourth-order valence-electron chi connectivity index (χ4n) is 4.98. The molecule has 1 aromatic heterocycles. The molecule has 2 unspecified atom stereocenters. The second kappa shape index (κ2) is 7.85.